The summed E-state index contributed by atoms with van der Waals surface area (Å²) in [6, 6.07) is 20.7. The number of ether oxygens (including phenoxy) is 2. The van der Waals surface area contributed by atoms with Crippen molar-refractivity contribution in [1.82, 2.24) is 0 Å². The highest BCUT2D eigenvalue weighted by molar-refractivity contribution is 5.72. The fraction of sp³-hybridized carbons (Fsp3) is 0.344. The van der Waals surface area contributed by atoms with Gasteiger partial charge in [0.25, 0.3) is 0 Å². The van der Waals surface area contributed by atoms with Gasteiger partial charge in [-0.25, -0.2) is 0 Å². The van der Waals surface area contributed by atoms with Gasteiger partial charge >= 0.3 is 5.97 Å². The standard InChI is InChI=1S/C32H34O4/c1-4-6-18-35-30-16-8-22(3)19-28(30)26-10-9-24-13-17-31(29(24)20-26)36-27-14-11-23(12-15-27)25(7-5-2)21-32(33)34/h8-12,14-16,19-20,25,31H,4,6,13,17-18,21H2,1-3H3,(H,33,34)/t25-,31?/m0/s1. The van der Waals surface area contributed by atoms with Crippen LogP contribution < -0.4 is 9.47 Å². The summed E-state index contributed by atoms with van der Waals surface area (Å²) in [6.45, 7) is 6.72. The van der Waals surface area contributed by atoms with E-state index in [1.165, 1.54) is 16.7 Å². The number of carboxylic acid groups (broad SMARTS) is 1. The molecule has 1 unspecified atom stereocenters. The molecule has 0 amide bonds. The minimum atomic E-state index is -0.853. The van der Waals surface area contributed by atoms with Crippen molar-refractivity contribution >= 4 is 5.97 Å². The molecule has 0 aliphatic heterocycles. The van der Waals surface area contributed by atoms with E-state index < -0.39 is 5.97 Å². The third kappa shape index (κ3) is 6.10. The molecule has 0 saturated carbocycles. The van der Waals surface area contributed by atoms with Crippen LogP contribution in [0, 0.1) is 18.8 Å². The first kappa shape index (κ1) is 25.4. The van der Waals surface area contributed by atoms with E-state index in [0.29, 0.717) is 0 Å². The average molecular weight is 483 g/mol. The van der Waals surface area contributed by atoms with E-state index in [9.17, 15) is 9.90 Å². The maximum absolute atomic E-state index is 11.2. The largest absolute Gasteiger partial charge is 0.493 e. The third-order valence-corrected chi connectivity index (χ3v) is 6.63. The van der Waals surface area contributed by atoms with Gasteiger partial charge in [0, 0.05) is 5.56 Å². The molecule has 1 aliphatic carbocycles. The van der Waals surface area contributed by atoms with Gasteiger partial charge in [0.05, 0.1) is 18.9 Å². The molecule has 0 saturated heterocycles. The smallest absolute Gasteiger partial charge is 0.304 e. The summed E-state index contributed by atoms with van der Waals surface area (Å²) in [6.07, 6.45) is 4.02. The molecule has 186 valence electrons. The Morgan fingerprint density at radius 1 is 1.11 bits per heavy atom. The third-order valence-electron chi connectivity index (χ3n) is 6.63. The molecule has 4 heteroatoms. The van der Waals surface area contributed by atoms with Gasteiger partial charge in [-0.3, -0.25) is 4.79 Å². The molecule has 0 bridgehead atoms. The molecule has 2 atom stereocenters. The highest BCUT2D eigenvalue weighted by Gasteiger charge is 2.25. The molecular formula is C32H34O4. The lowest BCUT2D eigenvalue weighted by molar-refractivity contribution is -0.137. The number of benzene rings is 3. The maximum Gasteiger partial charge on any atom is 0.304 e. The van der Waals surface area contributed by atoms with E-state index in [2.05, 4.69) is 62.1 Å². The van der Waals surface area contributed by atoms with Crippen molar-refractivity contribution in [1.29, 1.82) is 0 Å². The van der Waals surface area contributed by atoms with Crippen molar-refractivity contribution in [3.05, 3.63) is 82.9 Å². The number of aryl methyl sites for hydroxylation is 2. The van der Waals surface area contributed by atoms with Crippen molar-refractivity contribution in [2.24, 2.45) is 0 Å². The van der Waals surface area contributed by atoms with Crippen LogP contribution in [0.25, 0.3) is 11.1 Å². The Labute approximate surface area is 214 Å². The number of hydrogen-bond donors (Lipinski definition) is 1. The van der Waals surface area contributed by atoms with Crippen LogP contribution >= 0.6 is 0 Å². The Bertz CT molecular complexity index is 1260. The quantitative estimate of drug-likeness (QED) is 0.240. The lowest BCUT2D eigenvalue weighted by atomic mass is 9.96. The zero-order valence-electron chi connectivity index (χ0n) is 21.3. The predicted molar refractivity (Wildman–Crippen MR) is 144 cm³/mol. The lowest BCUT2D eigenvalue weighted by Crippen LogP contribution is -2.06. The molecule has 0 spiro atoms. The molecule has 4 nitrogen and oxygen atoms in total. The van der Waals surface area contributed by atoms with Crippen LogP contribution in [-0.4, -0.2) is 17.7 Å². The van der Waals surface area contributed by atoms with E-state index >= 15 is 0 Å². The zero-order chi connectivity index (χ0) is 25.5. The van der Waals surface area contributed by atoms with Crippen LogP contribution in [0.15, 0.2) is 60.7 Å². The van der Waals surface area contributed by atoms with E-state index in [-0.39, 0.29) is 18.4 Å². The van der Waals surface area contributed by atoms with Gasteiger partial charge in [0.1, 0.15) is 17.6 Å². The summed E-state index contributed by atoms with van der Waals surface area (Å²) in [5.74, 6) is 6.37. The van der Waals surface area contributed by atoms with E-state index in [4.69, 9.17) is 9.47 Å². The Morgan fingerprint density at radius 2 is 1.92 bits per heavy atom. The summed E-state index contributed by atoms with van der Waals surface area (Å²) in [5.41, 5.74) is 6.90. The van der Waals surface area contributed by atoms with Gasteiger partial charge in [-0.2, -0.15) is 0 Å². The monoisotopic (exact) mass is 482 g/mol. The number of fused-ring (bicyclic) bond motifs is 1. The molecular weight excluding hydrogens is 448 g/mol. The van der Waals surface area contributed by atoms with Gasteiger partial charge in [-0.15, -0.1) is 5.92 Å². The molecule has 0 heterocycles. The maximum atomic E-state index is 11.2. The van der Waals surface area contributed by atoms with Crippen molar-refractivity contribution in [3.63, 3.8) is 0 Å². The van der Waals surface area contributed by atoms with Crippen molar-refractivity contribution in [2.45, 2.75) is 64.9 Å². The Balaban J connectivity index is 1.55. The van der Waals surface area contributed by atoms with Crippen LogP contribution in [-0.2, 0) is 11.2 Å². The van der Waals surface area contributed by atoms with Gasteiger partial charge in [-0.05, 0) is 85.7 Å². The van der Waals surface area contributed by atoms with Gasteiger partial charge in [0.2, 0.25) is 0 Å². The summed E-state index contributed by atoms with van der Waals surface area (Å²) < 4.78 is 12.5. The van der Waals surface area contributed by atoms with Crippen LogP contribution in [0.5, 0.6) is 11.5 Å². The van der Waals surface area contributed by atoms with Crippen LogP contribution in [0.3, 0.4) is 0 Å². The molecule has 1 N–H and O–H groups in total. The van der Waals surface area contributed by atoms with Crippen molar-refractivity contribution in [3.8, 4) is 34.5 Å². The molecule has 0 radical (unpaired) electrons. The summed E-state index contributed by atoms with van der Waals surface area (Å²) in [7, 11) is 0. The second-order valence-corrected chi connectivity index (χ2v) is 9.37. The number of rotatable bonds is 10. The number of carboxylic acids is 1. The molecule has 3 aromatic carbocycles. The van der Waals surface area contributed by atoms with Gasteiger partial charge in [0.15, 0.2) is 0 Å². The number of hydrogen-bond acceptors (Lipinski definition) is 3. The summed E-state index contributed by atoms with van der Waals surface area (Å²) >= 11 is 0. The van der Waals surface area contributed by atoms with Crippen molar-refractivity contribution in [2.75, 3.05) is 6.61 Å². The second-order valence-electron chi connectivity index (χ2n) is 9.37. The van der Waals surface area contributed by atoms with Gasteiger partial charge in [-0.1, -0.05) is 55.2 Å². The first-order valence-corrected chi connectivity index (χ1v) is 12.8. The minimum Gasteiger partial charge on any atom is -0.493 e. The number of carbonyl (C=O) groups is 1. The predicted octanol–water partition coefficient (Wildman–Crippen LogP) is 7.49. The zero-order valence-corrected chi connectivity index (χ0v) is 21.3. The molecule has 0 fully saturated rings. The highest BCUT2D eigenvalue weighted by Crippen LogP contribution is 2.40. The normalized spacial score (nSPS) is 14.9. The van der Waals surface area contributed by atoms with Crippen molar-refractivity contribution < 1.29 is 19.4 Å². The Morgan fingerprint density at radius 3 is 2.64 bits per heavy atom. The summed E-state index contributed by atoms with van der Waals surface area (Å²) in [4.78, 5) is 11.2. The van der Waals surface area contributed by atoms with Crippen LogP contribution in [0.4, 0.5) is 0 Å². The number of unbranched alkanes of at least 4 members (excludes halogenated alkanes) is 1. The fourth-order valence-electron chi connectivity index (χ4n) is 4.72. The fourth-order valence-corrected chi connectivity index (χ4v) is 4.72. The SMILES string of the molecule is CC#C[C@@H](CC(=O)O)c1ccc(OC2CCc3ccc(-c4cc(C)ccc4OCCCC)cc32)cc1. The molecule has 1 aliphatic rings. The van der Waals surface area contributed by atoms with E-state index in [0.717, 1.165) is 60.5 Å². The highest BCUT2D eigenvalue weighted by atomic mass is 16.5. The van der Waals surface area contributed by atoms with E-state index in [1.54, 1.807) is 6.92 Å². The topological polar surface area (TPSA) is 55.8 Å². The second kappa shape index (κ2) is 11.8. The first-order chi connectivity index (χ1) is 17.5. The summed E-state index contributed by atoms with van der Waals surface area (Å²) in [5, 5.41) is 9.20. The Kier molecular flexibility index (Phi) is 8.33. The first-order valence-electron chi connectivity index (χ1n) is 12.8. The molecule has 4 rings (SSSR count). The molecule has 36 heavy (non-hydrogen) atoms. The average Bonchev–Trinajstić information content (AvgIpc) is 3.27. The minimum absolute atomic E-state index is 0.0110. The lowest BCUT2D eigenvalue weighted by Gasteiger charge is -2.18. The van der Waals surface area contributed by atoms with E-state index in [1.807, 2.05) is 24.3 Å². The number of aliphatic carboxylic acids is 1. The van der Waals surface area contributed by atoms with Gasteiger partial charge < -0.3 is 14.6 Å². The van der Waals surface area contributed by atoms with Crippen LogP contribution in [0.1, 0.15) is 73.8 Å². The molecule has 3 aromatic rings. The Hall–Kier alpha value is -3.71. The molecule has 0 aromatic heterocycles. The van der Waals surface area contributed by atoms with Crippen LogP contribution in [0.2, 0.25) is 0 Å².